The number of anilines is 1. The molecule has 1 aliphatic heterocycles. The first-order valence-corrected chi connectivity index (χ1v) is 6.91. The number of hydrogen-bond donors (Lipinski definition) is 1. The monoisotopic (exact) mass is 286 g/mol. The van der Waals surface area contributed by atoms with Crippen LogP contribution >= 0.6 is 0 Å². The normalized spacial score (nSPS) is 18.1. The Hall–Kier alpha value is -2.34. The van der Waals surface area contributed by atoms with Crippen molar-refractivity contribution in [2.75, 3.05) is 25.9 Å². The van der Waals surface area contributed by atoms with Crippen molar-refractivity contribution in [2.45, 2.75) is 12.5 Å². The van der Waals surface area contributed by atoms with Gasteiger partial charge in [0.25, 0.3) is 5.91 Å². The van der Waals surface area contributed by atoms with E-state index in [0.29, 0.717) is 24.5 Å². The summed E-state index contributed by atoms with van der Waals surface area (Å²) in [7, 11) is 1.68. The number of carbonyl (C=O) groups is 1. The van der Waals surface area contributed by atoms with Crippen LogP contribution in [0.4, 0.5) is 5.69 Å². The van der Waals surface area contributed by atoms with E-state index >= 15 is 0 Å². The van der Waals surface area contributed by atoms with Gasteiger partial charge in [0.2, 0.25) is 0 Å². The Morgan fingerprint density at radius 1 is 1.33 bits per heavy atom. The van der Waals surface area contributed by atoms with Crippen molar-refractivity contribution >= 4 is 11.6 Å². The first-order valence-electron chi connectivity index (χ1n) is 6.91. The van der Waals surface area contributed by atoms with Crippen LogP contribution in [-0.2, 0) is 4.74 Å². The van der Waals surface area contributed by atoms with Gasteiger partial charge in [0.05, 0.1) is 11.8 Å². The Morgan fingerprint density at radius 3 is 2.76 bits per heavy atom. The topological polar surface area (TPSA) is 73.4 Å². The van der Waals surface area contributed by atoms with Crippen LogP contribution in [0, 0.1) is 0 Å². The molecule has 6 heteroatoms. The molecule has 2 heterocycles. The average Bonchev–Trinajstić information content (AvgIpc) is 3.16. The van der Waals surface area contributed by atoms with Crippen molar-refractivity contribution in [3.63, 3.8) is 0 Å². The van der Waals surface area contributed by atoms with Crippen LogP contribution in [0.3, 0.4) is 0 Å². The lowest BCUT2D eigenvalue weighted by molar-refractivity contribution is 0.0718. The summed E-state index contributed by atoms with van der Waals surface area (Å²) in [6, 6.07) is 9.09. The Kier molecular flexibility index (Phi) is 3.62. The second kappa shape index (κ2) is 5.57. The predicted molar refractivity (Wildman–Crippen MR) is 79.3 cm³/mol. The third kappa shape index (κ3) is 2.75. The van der Waals surface area contributed by atoms with Gasteiger partial charge in [-0.15, -0.1) is 0 Å². The predicted octanol–water partition coefficient (Wildman–Crippen LogP) is 1.32. The van der Waals surface area contributed by atoms with Gasteiger partial charge in [0.15, 0.2) is 5.69 Å². The first-order chi connectivity index (χ1) is 10.2. The van der Waals surface area contributed by atoms with E-state index in [2.05, 4.69) is 5.10 Å². The van der Waals surface area contributed by atoms with E-state index in [4.69, 9.17) is 10.5 Å². The molecule has 1 aliphatic rings. The van der Waals surface area contributed by atoms with E-state index in [-0.39, 0.29) is 12.0 Å². The van der Waals surface area contributed by atoms with Gasteiger partial charge in [-0.3, -0.25) is 4.79 Å². The second-order valence-corrected chi connectivity index (χ2v) is 5.13. The molecule has 1 aromatic heterocycles. The molecule has 1 amide bonds. The molecule has 1 aromatic carbocycles. The number of carbonyl (C=O) groups excluding carboxylic acids is 1. The summed E-state index contributed by atoms with van der Waals surface area (Å²) < 4.78 is 6.96. The molecule has 6 nitrogen and oxygen atoms in total. The summed E-state index contributed by atoms with van der Waals surface area (Å²) in [5.74, 6) is -0.0521. The van der Waals surface area contributed by atoms with Crippen LogP contribution in [0.2, 0.25) is 0 Å². The molecule has 1 unspecified atom stereocenters. The zero-order chi connectivity index (χ0) is 14.8. The van der Waals surface area contributed by atoms with Crippen molar-refractivity contribution < 1.29 is 9.53 Å². The smallest absolute Gasteiger partial charge is 0.274 e. The summed E-state index contributed by atoms with van der Waals surface area (Å²) in [6.45, 7) is 1.34. The van der Waals surface area contributed by atoms with Crippen molar-refractivity contribution in [3.05, 3.63) is 42.2 Å². The molecule has 3 rings (SSSR count). The number of nitrogen functional groups attached to an aromatic ring is 1. The van der Waals surface area contributed by atoms with Crippen LogP contribution < -0.4 is 5.73 Å². The maximum absolute atomic E-state index is 12.4. The zero-order valence-corrected chi connectivity index (χ0v) is 11.9. The van der Waals surface area contributed by atoms with Crippen LogP contribution in [0.15, 0.2) is 36.5 Å². The molecular formula is C15H18N4O2. The molecule has 2 aromatic rings. The number of amides is 1. The van der Waals surface area contributed by atoms with Gasteiger partial charge in [0, 0.05) is 32.1 Å². The molecule has 2 N–H and O–H groups in total. The number of hydrogen-bond acceptors (Lipinski definition) is 4. The van der Waals surface area contributed by atoms with Gasteiger partial charge in [-0.1, -0.05) is 0 Å². The molecule has 1 saturated heterocycles. The fourth-order valence-electron chi connectivity index (χ4n) is 2.48. The lowest BCUT2D eigenvalue weighted by Crippen LogP contribution is -2.30. The number of benzene rings is 1. The van der Waals surface area contributed by atoms with E-state index in [9.17, 15) is 4.79 Å². The molecular weight excluding hydrogens is 268 g/mol. The number of rotatable bonds is 3. The molecule has 0 bridgehead atoms. The highest BCUT2D eigenvalue weighted by Crippen LogP contribution is 2.16. The number of likely N-dealkylation sites (tertiary alicyclic amines) is 1. The maximum atomic E-state index is 12.4. The standard InChI is InChI=1S/C15H18N4O2/c1-21-13-6-8-18(10-13)15(20)14-7-9-19(17-14)12-4-2-11(16)3-5-12/h2-5,7,9,13H,6,8,10,16H2,1H3. The fraction of sp³-hybridized carbons (Fsp3) is 0.333. The summed E-state index contributed by atoms with van der Waals surface area (Å²) in [5.41, 5.74) is 7.69. The van der Waals surface area contributed by atoms with E-state index in [0.717, 1.165) is 12.1 Å². The minimum absolute atomic E-state index is 0.0521. The van der Waals surface area contributed by atoms with Gasteiger partial charge >= 0.3 is 0 Å². The number of nitrogens with zero attached hydrogens (tertiary/aromatic N) is 3. The fourth-order valence-corrected chi connectivity index (χ4v) is 2.48. The van der Waals surface area contributed by atoms with E-state index in [1.165, 1.54) is 0 Å². The van der Waals surface area contributed by atoms with E-state index in [1.807, 2.05) is 24.3 Å². The molecule has 1 atom stereocenters. The maximum Gasteiger partial charge on any atom is 0.274 e. The summed E-state index contributed by atoms with van der Waals surface area (Å²) in [4.78, 5) is 14.2. The van der Waals surface area contributed by atoms with Gasteiger partial charge in [-0.25, -0.2) is 4.68 Å². The number of ether oxygens (including phenoxy) is 1. The molecule has 0 saturated carbocycles. The molecule has 0 aliphatic carbocycles. The molecule has 0 spiro atoms. The van der Waals surface area contributed by atoms with E-state index in [1.54, 1.807) is 29.0 Å². The van der Waals surface area contributed by atoms with Crippen molar-refractivity contribution in [1.82, 2.24) is 14.7 Å². The van der Waals surface area contributed by atoms with Gasteiger partial charge in [-0.2, -0.15) is 5.10 Å². The summed E-state index contributed by atoms with van der Waals surface area (Å²) >= 11 is 0. The average molecular weight is 286 g/mol. The Labute approximate surface area is 123 Å². The van der Waals surface area contributed by atoms with Gasteiger partial charge in [0.1, 0.15) is 0 Å². The number of methoxy groups -OCH3 is 1. The largest absolute Gasteiger partial charge is 0.399 e. The third-order valence-electron chi connectivity index (χ3n) is 3.73. The highest BCUT2D eigenvalue weighted by molar-refractivity contribution is 5.92. The number of aromatic nitrogens is 2. The van der Waals surface area contributed by atoms with Crippen LogP contribution in [0.5, 0.6) is 0 Å². The Bertz CT molecular complexity index is 635. The summed E-state index contributed by atoms with van der Waals surface area (Å²) in [5, 5.41) is 4.35. The van der Waals surface area contributed by atoms with Crippen LogP contribution in [0.1, 0.15) is 16.9 Å². The van der Waals surface area contributed by atoms with Gasteiger partial charge < -0.3 is 15.4 Å². The third-order valence-corrected chi connectivity index (χ3v) is 3.73. The highest BCUT2D eigenvalue weighted by Gasteiger charge is 2.27. The van der Waals surface area contributed by atoms with Crippen LogP contribution in [0.25, 0.3) is 5.69 Å². The molecule has 0 radical (unpaired) electrons. The first kappa shape index (κ1) is 13.6. The van der Waals surface area contributed by atoms with Crippen LogP contribution in [-0.4, -0.2) is 46.9 Å². The Balaban J connectivity index is 1.75. The Morgan fingerprint density at radius 2 is 2.10 bits per heavy atom. The van der Waals surface area contributed by atoms with Crippen molar-refractivity contribution in [1.29, 1.82) is 0 Å². The lowest BCUT2D eigenvalue weighted by Gasteiger charge is -2.14. The summed E-state index contributed by atoms with van der Waals surface area (Å²) in [6.07, 6.45) is 2.79. The minimum atomic E-state index is -0.0521. The van der Waals surface area contributed by atoms with E-state index < -0.39 is 0 Å². The van der Waals surface area contributed by atoms with Crippen molar-refractivity contribution in [3.8, 4) is 5.69 Å². The van der Waals surface area contributed by atoms with Crippen molar-refractivity contribution in [2.24, 2.45) is 0 Å². The second-order valence-electron chi connectivity index (χ2n) is 5.13. The van der Waals surface area contributed by atoms with Gasteiger partial charge in [-0.05, 0) is 36.8 Å². The zero-order valence-electron chi connectivity index (χ0n) is 11.9. The lowest BCUT2D eigenvalue weighted by atomic mass is 10.3. The molecule has 1 fully saturated rings. The SMILES string of the molecule is COC1CCN(C(=O)c2ccn(-c3ccc(N)cc3)n2)C1. The highest BCUT2D eigenvalue weighted by atomic mass is 16.5. The number of nitrogens with two attached hydrogens (primary N) is 1. The minimum Gasteiger partial charge on any atom is -0.399 e. The molecule has 21 heavy (non-hydrogen) atoms. The molecule has 110 valence electrons. The quantitative estimate of drug-likeness (QED) is 0.864.